The molecule has 4 aromatic rings. The SMILES string of the molecule is [C-]#[N+]c1ccc(-c2cc3n(c2)Cc2cc(N4C[C@H]5CN(C(=O)OC(C)(C)C)C[C@H]5C4=O)ccc2-n2ccnc2-3)cc1. The Labute approximate surface area is 238 Å². The highest BCUT2D eigenvalue weighted by molar-refractivity contribution is 5.98. The highest BCUT2D eigenvalue weighted by Crippen LogP contribution is 2.39. The normalized spacial score (nSPS) is 19.2. The minimum absolute atomic E-state index is 0.0600. The number of ether oxygens (including phenoxy) is 1. The van der Waals surface area contributed by atoms with Crippen molar-refractivity contribution in [1.82, 2.24) is 19.0 Å². The molecule has 0 N–H and O–H groups in total. The Bertz CT molecular complexity index is 1740. The van der Waals surface area contributed by atoms with Crippen LogP contribution < -0.4 is 4.90 Å². The monoisotopic (exact) mass is 546 g/mol. The first-order valence-corrected chi connectivity index (χ1v) is 13.8. The molecule has 2 aromatic carbocycles. The number of hydrogen-bond donors (Lipinski definition) is 0. The number of benzene rings is 2. The van der Waals surface area contributed by atoms with Crippen molar-refractivity contribution in [3.63, 3.8) is 0 Å². The number of amides is 2. The molecule has 0 aliphatic carbocycles. The Morgan fingerprint density at radius 1 is 1.05 bits per heavy atom. The molecular weight excluding hydrogens is 516 g/mol. The van der Waals surface area contributed by atoms with Crippen LogP contribution in [0.5, 0.6) is 0 Å². The molecular formula is C32H30N6O3. The van der Waals surface area contributed by atoms with Crippen LogP contribution in [0.4, 0.5) is 16.2 Å². The lowest BCUT2D eigenvalue weighted by Gasteiger charge is -2.26. The standard InChI is InChI=1S/C32H30N6O3/c1-32(2,3)41-31(40)36-17-23-18-38(30(39)26(23)19-36)25-9-10-27-22(13-25)16-35-15-21(20-5-7-24(33-4)8-6-20)14-28(35)29-34-11-12-37(27)29/h5-15,23,26H,16-19H2,1-3H3/t23-,26-/m1/s1. The van der Waals surface area contributed by atoms with Gasteiger partial charge in [-0.1, -0.05) is 24.3 Å². The molecule has 2 fully saturated rings. The fraction of sp³-hybridized carbons (Fsp3) is 0.312. The molecule has 2 aromatic heterocycles. The van der Waals surface area contributed by atoms with Crippen LogP contribution in [0.15, 0.2) is 67.1 Å². The molecule has 2 atom stereocenters. The van der Waals surface area contributed by atoms with Gasteiger partial charge < -0.3 is 19.1 Å². The van der Waals surface area contributed by atoms with Crippen molar-refractivity contribution in [3.8, 4) is 28.3 Å². The summed E-state index contributed by atoms with van der Waals surface area (Å²) >= 11 is 0. The predicted molar refractivity (Wildman–Crippen MR) is 155 cm³/mol. The molecule has 3 aliphatic heterocycles. The van der Waals surface area contributed by atoms with E-state index in [9.17, 15) is 9.59 Å². The molecule has 0 bridgehead atoms. The van der Waals surface area contributed by atoms with E-state index in [-0.39, 0.29) is 23.8 Å². The lowest BCUT2D eigenvalue weighted by Crippen LogP contribution is -2.38. The first kappa shape index (κ1) is 25.1. The Morgan fingerprint density at radius 2 is 1.85 bits per heavy atom. The Morgan fingerprint density at radius 3 is 2.59 bits per heavy atom. The average molecular weight is 547 g/mol. The van der Waals surface area contributed by atoms with Crippen molar-refractivity contribution in [2.45, 2.75) is 32.9 Å². The molecule has 41 heavy (non-hydrogen) atoms. The lowest BCUT2D eigenvalue weighted by molar-refractivity contribution is -0.120. The molecule has 5 heterocycles. The lowest BCUT2D eigenvalue weighted by atomic mass is 10.0. The van der Waals surface area contributed by atoms with E-state index >= 15 is 0 Å². The molecule has 0 unspecified atom stereocenters. The maximum absolute atomic E-state index is 13.5. The zero-order valence-electron chi connectivity index (χ0n) is 23.2. The van der Waals surface area contributed by atoms with Gasteiger partial charge in [0, 0.05) is 61.9 Å². The molecule has 0 saturated carbocycles. The summed E-state index contributed by atoms with van der Waals surface area (Å²) in [6.45, 7) is 14.9. The highest BCUT2D eigenvalue weighted by atomic mass is 16.6. The van der Waals surface area contributed by atoms with E-state index < -0.39 is 5.60 Å². The van der Waals surface area contributed by atoms with Crippen LogP contribution >= 0.6 is 0 Å². The number of aromatic nitrogens is 3. The van der Waals surface area contributed by atoms with E-state index in [2.05, 4.69) is 43.4 Å². The second kappa shape index (κ2) is 9.10. The fourth-order valence-electron chi connectivity index (χ4n) is 6.26. The summed E-state index contributed by atoms with van der Waals surface area (Å²) in [5.41, 5.74) is 6.16. The van der Waals surface area contributed by atoms with Crippen molar-refractivity contribution < 1.29 is 14.3 Å². The third-order valence-electron chi connectivity index (χ3n) is 8.16. The van der Waals surface area contributed by atoms with Crippen LogP contribution in [-0.2, 0) is 16.1 Å². The molecule has 3 aliphatic rings. The summed E-state index contributed by atoms with van der Waals surface area (Å²) in [5, 5.41) is 0. The van der Waals surface area contributed by atoms with Crippen molar-refractivity contribution in [2.75, 3.05) is 24.5 Å². The summed E-state index contributed by atoms with van der Waals surface area (Å²) in [6.07, 6.45) is 5.55. The average Bonchev–Trinajstić information content (AvgIpc) is 3.71. The molecule has 2 amide bonds. The number of hydrogen-bond acceptors (Lipinski definition) is 4. The van der Waals surface area contributed by atoms with Gasteiger partial charge in [-0.3, -0.25) is 9.36 Å². The van der Waals surface area contributed by atoms with Gasteiger partial charge in [0.25, 0.3) is 0 Å². The van der Waals surface area contributed by atoms with Gasteiger partial charge in [0.1, 0.15) is 5.60 Å². The van der Waals surface area contributed by atoms with Gasteiger partial charge in [-0.25, -0.2) is 14.6 Å². The Balaban J connectivity index is 1.17. The largest absolute Gasteiger partial charge is 0.444 e. The van der Waals surface area contributed by atoms with E-state index in [4.69, 9.17) is 11.3 Å². The van der Waals surface area contributed by atoms with Crippen molar-refractivity contribution >= 4 is 23.4 Å². The van der Waals surface area contributed by atoms with E-state index in [0.717, 1.165) is 39.6 Å². The second-order valence-corrected chi connectivity index (χ2v) is 12.0. The van der Waals surface area contributed by atoms with Gasteiger partial charge in [-0.05, 0) is 56.2 Å². The first-order valence-electron chi connectivity index (χ1n) is 13.8. The maximum atomic E-state index is 13.5. The molecule has 9 nitrogen and oxygen atoms in total. The van der Waals surface area contributed by atoms with Gasteiger partial charge in [-0.2, -0.15) is 0 Å². The Hall–Kier alpha value is -4.84. The molecule has 0 radical (unpaired) electrons. The maximum Gasteiger partial charge on any atom is 0.410 e. The van der Waals surface area contributed by atoms with E-state index in [1.54, 1.807) is 4.90 Å². The fourth-order valence-corrected chi connectivity index (χ4v) is 6.26. The van der Waals surface area contributed by atoms with Crippen LogP contribution in [0.25, 0.3) is 33.2 Å². The summed E-state index contributed by atoms with van der Waals surface area (Å²) in [7, 11) is 0. The zero-order chi connectivity index (χ0) is 28.5. The van der Waals surface area contributed by atoms with Crippen LogP contribution in [0.3, 0.4) is 0 Å². The van der Waals surface area contributed by atoms with E-state index in [1.165, 1.54) is 0 Å². The third-order valence-corrected chi connectivity index (χ3v) is 8.16. The zero-order valence-corrected chi connectivity index (χ0v) is 23.2. The quantitative estimate of drug-likeness (QED) is 0.264. The number of rotatable bonds is 2. The molecule has 7 rings (SSSR count). The van der Waals surface area contributed by atoms with Gasteiger partial charge in [0.15, 0.2) is 11.5 Å². The van der Waals surface area contributed by atoms with Gasteiger partial charge in [-0.15, -0.1) is 0 Å². The van der Waals surface area contributed by atoms with Crippen molar-refractivity contribution in [2.24, 2.45) is 11.8 Å². The van der Waals surface area contributed by atoms with Crippen LogP contribution in [-0.4, -0.2) is 56.3 Å². The van der Waals surface area contributed by atoms with Gasteiger partial charge >= 0.3 is 6.09 Å². The molecule has 2 saturated heterocycles. The highest BCUT2D eigenvalue weighted by Gasteiger charge is 2.48. The molecule has 9 heteroatoms. The van der Waals surface area contributed by atoms with E-state index in [1.807, 2.05) is 68.4 Å². The number of likely N-dealkylation sites (tertiary alicyclic amines) is 1. The predicted octanol–water partition coefficient (Wildman–Crippen LogP) is 5.75. The van der Waals surface area contributed by atoms with Gasteiger partial charge in [0.05, 0.1) is 23.9 Å². The second-order valence-electron chi connectivity index (χ2n) is 12.0. The number of fused-ring (bicyclic) bond motifs is 6. The summed E-state index contributed by atoms with van der Waals surface area (Å²) in [6, 6.07) is 16.0. The summed E-state index contributed by atoms with van der Waals surface area (Å²) in [4.78, 5) is 37.9. The van der Waals surface area contributed by atoms with Crippen LogP contribution in [0.2, 0.25) is 0 Å². The number of carbonyl (C=O) groups excluding carboxylic acids is 2. The van der Waals surface area contributed by atoms with Crippen molar-refractivity contribution in [1.29, 1.82) is 0 Å². The number of carbonyl (C=O) groups is 2. The molecule has 0 spiro atoms. The summed E-state index contributed by atoms with van der Waals surface area (Å²) < 4.78 is 9.84. The smallest absolute Gasteiger partial charge is 0.410 e. The topological polar surface area (TPSA) is 77.0 Å². The Kier molecular flexibility index (Phi) is 5.58. The van der Waals surface area contributed by atoms with Crippen LogP contribution in [0, 0.1) is 18.4 Å². The first-order chi connectivity index (χ1) is 19.7. The minimum atomic E-state index is -0.564. The minimum Gasteiger partial charge on any atom is -0.444 e. The van der Waals surface area contributed by atoms with Gasteiger partial charge in [0.2, 0.25) is 5.91 Å². The van der Waals surface area contributed by atoms with Crippen molar-refractivity contribution in [3.05, 3.63) is 84.1 Å². The van der Waals surface area contributed by atoms with Crippen LogP contribution in [0.1, 0.15) is 26.3 Å². The number of imidazole rings is 1. The van der Waals surface area contributed by atoms with E-state index in [0.29, 0.717) is 31.9 Å². The number of nitrogens with zero attached hydrogens (tertiary/aromatic N) is 6. The third kappa shape index (κ3) is 4.27. The summed E-state index contributed by atoms with van der Waals surface area (Å²) in [5.74, 6) is 0.788. The number of anilines is 1. The molecule has 206 valence electrons.